The maximum Gasteiger partial charge on any atom is 0.407 e. The van der Waals surface area contributed by atoms with Gasteiger partial charge in [-0.05, 0) is 42.2 Å². The molecule has 1 amide bonds. The summed E-state index contributed by atoms with van der Waals surface area (Å²) in [5.74, 6) is 0.186. The van der Waals surface area contributed by atoms with Gasteiger partial charge in [0.15, 0.2) is 0 Å². The van der Waals surface area contributed by atoms with Gasteiger partial charge in [-0.1, -0.05) is 37.3 Å². The van der Waals surface area contributed by atoms with Gasteiger partial charge >= 0.3 is 6.09 Å². The minimum atomic E-state index is -0.401. The molecule has 0 saturated carbocycles. The maximum atomic E-state index is 13.1. The third-order valence-corrected chi connectivity index (χ3v) is 4.39. The van der Waals surface area contributed by atoms with Gasteiger partial charge in [0, 0.05) is 24.8 Å². The van der Waals surface area contributed by atoms with Crippen molar-refractivity contribution in [2.75, 3.05) is 18.0 Å². The van der Waals surface area contributed by atoms with Crippen LogP contribution in [0.2, 0.25) is 0 Å². The Morgan fingerprint density at radius 3 is 2.60 bits per heavy atom. The standard InChI is InChI=1S/C20H23FN2O2/c1-15-11-18(13-23(12-15)19-9-7-17(21)8-10-19)22-20(24)25-14-16-5-3-2-4-6-16/h2-10,15,18H,11-14H2,1H3,(H,22,24). The van der Waals surface area contributed by atoms with Crippen molar-refractivity contribution >= 4 is 11.8 Å². The first-order valence-corrected chi connectivity index (χ1v) is 8.58. The first kappa shape index (κ1) is 17.3. The van der Waals surface area contributed by atoms with E-state index in [1.54, 1.807) is 12.1 Å². The van der Waals surface area contributed by atoms with Crippen molar-refractivity contribution in [3.05, 3.63) is 66.0 Å². The van der Waals surface area contributed by atoms with Gasteiger partial charge < -0.3 is 15.0 Å². The molecule has 0 radical (unpaired) electrons. The first-order valence-electron chi connectivity index (χ1n) is 8.58. The molecule has 1 aliphatic heterocycles. The van der Waals surface area contributed by atoms with E-state index in [1.165, 1.54) is 12.1 Å². The van der Waals surface area contributed by atoms with Crippen LogP contribution in [0.3, 0.4) is 0 Å². The van der Waals surface area contributed by atoms with E-state index in [0.29, 0.717) is 12.5 Å². The zero-order valence-electron chi connectivity index (χ0n) is 14.3. The lowest BCUT2D eigenvalue weighted by atomic mass is 9.95. The quantitative estimate of drug-likeness (QED) is 0.914. The molecule has 2 aromatic carbocycles. The van der Waals surface area contributed by atoms with Crippen molar-refractivity contribution in [2.45, 2.75) is 26.0 Å². The number of halogens is 1. The fourth-order valence-electron chi connectivity index (χ4n) is 3.25. The molecule has 4 nitrogen and oxygen atoms in total. The Balaban J connectivity index is 1.54. The van der Waals surface area contributed by atoms with Crippen LogP contribution in [0, 0.1) is 11.7 Å². The molecule has 1 heterocycles. The van der Waals surface area contributed by atoms with Crippen LogP contribution in [0.15, 0.2) is 54.6 Å². The van der Waals surface area contributed by atoms with Gasteiger partial charge in [-0.25, -0.2) is 9.18 Å². The molecule has 3 rings (SSSR count). The second-order valence-electron chi connectivity index (χ2n) is 6.63. The Morgan fingerprint density at radius 1 is 1.16 bits per heavy atom. The number of benzene rings is 2. The fraction of sp³-hybridized carbons (Fsp3) is 0.350. The second-order valence-corrected chi connectivity index (χ2v) is 6.63. The van der Waals surface area contributed by atoms with Crippen LogP contribution in [0.1, 0.15) is 18.9 Å². The van der Waals surface area contributed by atoms with Crippen LogP contribution < -0.4 is 10.2 Å². The van der Waals surface area contributed by atoms with E-state index in [0.717, 1.165) is 24.2 Å². The zero-order valence-corrected chi connectivity index (χ0v) is 14.3. The molecule has 0 spiro atoms. The van der Waals surface area contributed by atoms with E-state index in [2.05, 4.69) is 17.1 Å². The Kier molecular flexibility index (Phi) is 5.53. The topological polar surface area (TPSA) is 41.6 Å². The van der Waals surface area contributed by atoms with E-state index < -0.39 is 6.09 Å². The van der Waals surface area contributed by atoms with E-state index in [1.807, 2.05) is 30.3 Å². The summed E-state index contributed by atoms with van der Waals surface area (Å²) in [7, 11) is 0. The molecule has 132 valence electrons. The fourth-order valence-corrected chi connectivity index (χ4v) is 3.25. The first-order chi connectivity index (χ1) is 12.1. The smallest absolute Gasteiger partial charge is 0.407 e. The molecule has 1 fully saturated rings. The lowest BCUT2D eigenvalue weighted by molar-refractivity contribution is 0.133. The molecular formula is C20H23FN2O2. The lowest BCUT2D eigenvalue weighted by Gasteiger charge is -2.38. The molecular weight excluding hydrogens is 319 g/mol. The number of rotatable bonds is 4. The van der Waals surface area contributed by atoms with Gasteiger partial charge in [0.1, 0.15) is 12.4 Å². The third-order valence-electron chi connectivity index (χ3n) is 4.39. The number of hydrogen-bond donors (Lipinski definition) is 1. The molecule has 0 aliphatic carbocycles. The number of piperidine rings is 1. The summed E-state index contributed by atoms with van der Waals surface area (Å²) < 4.78 is 18.4. The molecule has 1 aliphatic rings. The Hall–Kier alpha value is -2.56. The van der Waals surface area contributed by atoms with Gasteiger partial charge in [0.25, 0.3) is 0 Å². The van der Waals surface area contributed by atoms with Crippen molar-refractivity contribution in [1.82, 2.24) is 5.32 Å². The highest BCUT2D eigenvalue weighted by molar-refractivity contribution is 5.67. The Bertz CT molecular complexity index is 691. The van der Waals surface area contributed by atoms with Crippen LogP contribution in [0.4, 0.5) is 14.9 Å². The number of amides is 1. The largest absolute Gasteiger partial charge is 0.445 e. The van der Waals surface area contributed by atoms with Crippen LogP contribution in [-0.4, -0.2) is 25.2 Å². The summed E-state index contributed by atoms with van der Waals surface area (Å²) >= 11 is 0. The van der Waals surface area contributed by atoms with Gasteiger partial charge in [0.05, 0.1) is 0 Å². The number of anilines is 1. The van der Waals surface area contributed by atoms with Crippen molar-refractivity contribution in [3.63, 3.8) is 0 Å². The number of nitrogens with one attached hydrogen (secondary N) is 1. The molecule has 1 N–H and O–H groups in total. The average molecular weight is 342 g/mol. The van der Waals surface area contributed by atoms with Gasteiger partial charge in [-0.15, -0.1) is 0 Å². The molecule has 5 heteroatoms. The highest BCUT2D eigenvalue weighted by Gasteiger charge is 2.26. The summed E-state index contributed by atoms with van der Waals surface area (Å²) in [5.41, 5.74) is 1.93. The number of carbonyl (C=O) groups is 1. The normalized spacial score (nSPS) is 20.2. The molecule has 2 atom stereocenters. The van der Waals surface area contributed by atoms with E-state index >= 15 is 0 Å². The Morgan fingerprint density at radius 2 is 1.88 bits per heavy atom. The summed E-state index contributed by atoms with van der Waals surface area (Å²) in [6, 6.07) is 16.1. The average Bonchev–Trinajstić information content (AvgIpc) is 2.61. The van der Waals surface area contributed by atoms with Crippen molar-refractivity contribution in [3.8, 4) is 0 Å². The van der Waals surface area contributed by atoms with Crippen molar-refractivity contribution in [1.29, 1.82) is 0 Å². The monoisotopic (exact) mass is 342 g/mol. The van der Waals surface area contributed by atoms with Crippen LogP contribution >= 0.6 is 0 Å². The van der Waals surface area contributed by atoms with Crippen molar-refractivity contribution in [2.24, 2.45) is 5.92 Å². The maximum absolute atomic E-state index is 13.1. The predicted molar refractivity (Wildman–Crippen MR) is 95.9 cm³/mol. The molecule has 2 unspecified atom stereocenters. The van der Waals surface area contributed by atoms with E-state index in [-0.39, 0.29) is 18.5 Å². The molecule has 0 aromatic heterocycles. The van der Waals surface area contributed by atoms with Crippen LogP contribution in [-0.2, 0) is 11.3 Å². The SMILES string of the molecule is CC1CC(NC(=O)OCc2ccccc2)CN(c2ccc(F)cc2)C1. The highest BCUT2D eigenvalue weighted by Crippen LogP contribution is 2.23. The second kappa shape index (κ2) is 8.01. The van der Waals surface area contributed by atoms with E-state index in [9.17, 15) is 9.18 Å². The van der Waals surface area contributed by atoms with Gasteiger partial charge in [-0.2, -0.15) is 0 Å². The van der Waals surface area contributed by atoms with Crippen LogP contribution in [0.5, 0.6) is 0 Å². The van der Waals surface area contributed by atoms with Gasteiger partial charge in [-0.3, -0.25) is 0 Å². The predicted octanol–water partition coefficient (Wildman–Crippen LogP) is 3.97. The Labute approximate surface area is 147 Å². The van der Waals surface area contributed by atoms with Crippen molar-refractivity contribution < 1.29 is 13.9 Å². The van der Waals surface area contributed by atoms with Crippen LogP contribution in [0.25, 0.3) is 0 Å². The lowest BCUT2D eigenvalue weighted by Crippen LogP contribution is -2.50. The molecule has 25 heavy (non-hydrogen) atoms. The van der Waals surface area contributed by atoms with E-state index in [4.69, 9.17) is 4.74 Å². The zero-order chi connectivity index (χ0) is 17.6. The number of carbonyl (C=O) groups excluding carboxylic acids is 1. The molecule has 2 aromatic rings. The molecule has 0 bridgehead atoms. The highest BCUT2D eigenvalue weighted by atomic mass is 19.1. The number of nitrogens with zero attached hydrogens (tertiary/aromatic N) is 1. The number of alkyl carbamates (subject to hydrolysis) is 1. The summed E-state index contributed by atoms with van der Waals surface area (Å²) in [5, 5.41) is 2.95. The number of ether oxygens (including phenoxy) is 1. The van der Waals surface area contributed by atoms with Gasteiger partial charge in [0.2, 0.25) is 0 Å². The number of hydrogen-bond acceptors (Lipinski definition) is 3. The molecule has 1 saturated heterocycles. The summed E-state index contributed by atoms with van der Waals surface area (Å²) in [6.07, 6.45) is 0.500. The summed E-state index contributed by atoms with van der Waals surface area (Å²) in [6.45, 7) is 4.00. The minimum Gasteiger partial charge on any atom is -0.445 e. The third kappa shape index (κ3) is 4.95. The minimum absolute atomic E-state index is 0.0112. The summed E-state index contributed by atoms with van der Waals surface area (Å²) in [4.78, 5) is 14.3.